The molecule has 0 aliphatic heterocycles. The average molecular weight is 282 g/mol. The number of hydrogen-bond donors (Lipinski definition) is 1. The van der Waals surface area contributed by atoms with Crippen LogP contribution in [0, 0.1) is 11.8 Å². The molecule has 0 aromatic heterocycles. The molecular formula is C16H24ClNO. The summed E-state index contributed by atoms with van der Waals surface area (Å²) in [5.74, 6) is 2.37. The third-order valence-corrected chi connectivity index (χ3v) is 4.13. The quantitative estimate of drug-likeness (QED) is 0.881. The van der Waals surface area contributed by atoms with E-state index in [1.54, 1.807) is 0 Å². The summed E-state index contributed by atoms with van der Waals surface area (Å²) in [6.07, 6.45) is 3.87. The molecule has 1 aromatic rings. The van der Waals surface area contributed by atoms with Crippen LogP contribution >= 0.6 is 11.6 Å². The molecule has 1 aliphatic rings. The lowest BCUT2D eigenvalue weighted by atomic mass is 9.82. The van der Waals surface area contributed by atoms with Gasteiger partial charge in [-0.1, -0.05) is 25.4 Å². The van der Waals surface area contributed by atoms with Crippen LogP contribution < -0.4 is 10.5 Å². The van der Waals surface area contributed by atoms with Crippen LogP contribution in [0.15, 0.2) is 18.2 Å². The van der Waals surface area contributed by atoms with Gasteiger partial charge in [0.1, 0.15) is 5.75 Å². The molecule has 0 radical (unpaired) electrons. The van der Waals surface area contributed by atoms with Crippen molar-refractivity contribution >= 4 is 11.6 Å². The first-order valence-electron chi connectivity index (χ1n) is 7.17. The molecule has 1 aromatic carbocycles. The Labute approximate surface area is 121 Å². The van der Waals surface area contributed by atoms with Crippen molar-refractivity contribution < 1.29 is 4.74 Å². The molecule has 0 spiro atoms. The molecule has 0 amide bonds. The van der Waals surface area contributed by atoms with Gasteiger partial charge in [0.25, 0.3) is 0 Å². The van der Waals surface area contributed by atoms with Crippen molar-refractivity contribution in [3.63, 3.8) is 0 Å². The van der Waals surface area contributed by atoms with Crippen LogP contribution in [0.25, 0.3) is 0 Å². The molecule has 19 heavy (non-hydrogen) atoms. The summed E-state index contributed by atoms with van der Waals surface area (Å²) in [7, 11) is 0. The van der Waals surface area contributed by atoms with Crippen molar-refractivity contribution in [1.29, 1.82) is 0 Å². The minimum Gasteiger partial charge on any atom is -0.490 e. The minimum atomic E-state index is -0.0628. The summed E-state index contributed by atoms with van der Waals surface area (Å²) in [5.41, 5.74) is 7.00. The number of ether oxygens (including phenoxy) is 1. The van der Waals surface area contributed by atoms with Crippen molar-refractivity contribution in [3.05, 3.63) is 28.8 Å². The molecular weight excluding hydrogens is 258 g/mol. The van der Waals surface area contributed by atoms with Gasteiger partial charge in [-0.25, -0.2) is 0 Å². The summed E-state index contributed by atoms with van der Waals surface area (Å²) < 4.78 is 6.20. The zero-order valence-corrected chi connectivity index (χ0v) is 12.8. The van der Waals surface area contributed by atoms with Crippen LogP contribution in [-0.4, -0.2) is 6.10 Å². The number of hydrogen-bond acceptors (Lipinski definition) is 2. The summed E-state index contributed by atoms with van der Waals surface area (Å²) >= 11 is 6.04. The second-order valence-electron chi connectivity index (χ2n) is 6.13. The van der Waals surface area contributed by atoms with Crippen LogP contribution in [0.3, 0.4) is 0 Å². The van der Waals surface area contributed by atoms with E-state index in [0.717, 1.165) is 36.0 Å². The number of benzene rings is 1. The molecule has 0 bridgehead atoms. The lowest BCUT2D eigenvalue weighted by Gasteiger charge is -2.32. The van der Waals surface area contributed by atoms with E-state index in [2.05, 4.69) is 13.8 Å². The molecule has 1 fully saturated rings. The van der Waals surface area contributed by atoms with Crippen LogP contribution in [-0.2, 0) is 0 Å². The van der Waals surface area contributed by atoms with Gasteiger partial charge in [-0.2, -0.15) is 0 Å². The lowest BCUT2D eigenvalue weighted by molar-refractivity contribution is 0.0998. The van der Waals surface area contributed by atoms with Gasteiger partial charge in [-0.15, -0.1) is 0 Å². The van der Waals surface area contributed by atoms with Gasteiger partial charge in [-0.3, -0.25) is 0 Å². The third kappa shape index (κ3) is 3.87. The standard InChI is InChI=1S/C16H24ClNO/c1-10-6-11(2)8-14(7-10)19-16-5-4-13(17)9-15(16)12(3)18/h4-5,9-12,14H,6-8,18H2,1-3H3. The van der Waals surface area contributed by atoms with Crippen molar-refractivity contribution in [2.24, 2.45) is 17.6 Å². The monoisotopic (exact) mass is 281 g/mol. The first-order valence-corrected chi connectivity index (χ1v) is 7.55. The second-order valence-corrected chi connectivity index (χ2v) is 6.56. The highest BCUT2D eigenvalue weighted by molar-refractivity contribution is 6.30. The van der Waals surface area contributed by atoms with Gasteiger partial charge in [0.2, 0.25) is 0 Å². The average Bonchev–Trinajstić information content (AvgIpc) is 2.30. The Bertz CT molecular complexity index is 423. The van der Waals surface area contributed by atoms with Gasteiger partial charge < -0.3 is 10.5 Å². The van der Waals surface area contributed by atoms with E-state index in [-0.39, 0.29) is 6.04 Å². The molecule has 3 atom stereocenters. The van der Waals surface area contributed by atoms with Crippen LogP contribution in [0.1, 0.15) is 51.6 Å². The van der Waals surface area contributed by atoms with E-state index in [4.69, 9.17) is 22.1 Å². The molecule has 2 N–H and O–H groups in total. The summed E-state index contributed by atoms with van der Waals surface area (Å²) in [6.45, 7) is 6.57. The maximum Gasteiger partial charge on any atom is 0.124 e. The van der Waals surface area contributed by atoms with E-state index in [0.29, 0.717) is 11.1 Å². The summed E-state index contributed by atoms with van der Waals surface area (Å²) in [4.78, 5) is 0. The molecule has 1 saturated carbocycles. The van der Waals surface area contributed by atoms with Crippen molar-refractivity contribution in [2.75, 3.05) is 0 Å². The maximum atomic E-state index is 6.20. The van der Waals surface area contributed by atoms with Crippen molar-refractivity contribution in [2.45, 2.75) is 52.2 Å². The zero-order valence-electron chi connectivity index (χ0n) is 12.0. The Hall–Kier alpha value is -0.730. The van der Waals surface area contributed by atoms with E-state index in [1.807, 2.05) is 25.1 Å². The first kappa shape index (κ1) is 14.7. The van der Waals surface area contributed by atoms with Gasteiger partial charge in [0.15, 0.2) is 0 Å². The molecule has 3 heteroatoms. The number of halogens is 1. The predicted octanol–water partition coefficient (Wildman–Crippen LogP) is 4.56. The second kappa shape index (κ2) is 6.15. The number of rotatable bonds is 3. The Kier molecular flexibility index (Phi) is 4.75. The fourth-order valence-corrected chi connectivity index (χ4v) is 3.31. The molecule has 1 aliphatic carbocycles. The fraction of sp³-hybridized carbons (Fsp3) is 0.625. The Balaban J connectivity index is 2.14. The molecule has 3 unspecified atom stereocenters. The lowest BCUT2D eigenvalue weighted by Crippen LogP contribution is -2.29. The molecule has 106 valence electrons. The van der Waals surface area contributed by atoms with Gasteiger partial charge in [0.05, 0.1) is 6.10 Å². The number of nitrogens with two attached hydrogens (primary N) is 1. The molecule has 0 saturated heterocycles. The highest BCUT2D eigenvalue weighted by atomic mass is 35.5. The maximum absolute atomic E-state index is 6.20. The largest absolute Gasteiger partial charge is 0.490 e. The highest BCUT2D eigenvalue weighted by Gasteiger charge is 2.26. The van der Waals surface area contributed by atoms with Crippen LogP contribution in [0.4, 0.5) is 0 Å². The Morgan fingerprint density at radius 2 is 1.84 bits per heavy atom. The zero-order chi connectivity index (χ0) is 14.0. The van der Waals surface area contributed by atoms with Gasteiger partial charge >= 0.3 is 0 Å². The van der Waals surface area contributed by atoms with Gasteiger partial charge in [-0.05, 0) is 56.2 Å². The summed E-state index contributed by atoms with van der Waals surface area (Å²) in [6, 6.07) is 5.67. The normalized spacial score (nSPS) is 29.0. The van der Waals surface area contributed by atoms with E-state index < -0.39 is 0 Å². The summed E-state index contributed by atoms with van der Waals surface area (Å²) in [5, 5.41) is 0.713. The van der Waals surface area contributed by atoms with E-state index in [1.165, 1.54) is 6.42 Å². The van der Waals surface area contributed by atoms with Crippen molar-refractivity contribution in [3.8, 4) is 5.75 Å². The molecule has 0 heterocycles. The Morgan fingerprint density at radius 3 is 2.42 bits per heavy atom. The van der Waals surface area contributed by atoms with E-state index in [9.17, 15) is 0 Å². The molecule has 2 rings (SSSR count). The smallest absolute Gasteiger partial charge is 0.124 e. The molecule has 2 nitrogen and oxygen atoms in total. The van der Waals surface area contributed by atoms with Crippen LogP contribution in [0.2, 0.25) is 5.02 Å². The fourth-order valence-electron chi connectivity index (χ4n) is 3.13. The van der Waals surface area contributed by atoms with E-state index >= 15 is 0 Å². The third-order valence-electron chi connectivity index (χ3n) is 3.89. The first-order chi connectivity index (χ1) is 8.95. The minimum absolute atomic E-state index is 0.0628. The Morgan fingerprint density at radius 1 is 1.21 bits per heavy atom. The van der Waals surface area contributed by atoms with Crippen molar-refractivity contribution in [1.82, 2.24) is 0 Å². The highest BCUT2D eigenvalue weighted by Crippen LogP contribution is 2.34. The topological polar surface area (TPSA) is 35.2 Å². The van der Waals surface area contributed by atoms with Gasteiger partial charge in [0, 0.05) is 16.6 Å². The SMILES string of the molecule is CC1CC(C)CC(Oc2ccc(Cl)cc2C(C)N)C1. The van der Waals surface area contributed by atoms with Crippen LogP contribution in [0.5, 0.6) is 5.75 Å². The predicted molar refractivity (Wildman–Crippen MR) is 80.6 cm³/mol.